The van der Waals surface area contributed by atoms with E-state index < -0.39 is 0 Å². The first kappa shape index (κ1) is 18.4. The lowest BCUT2D eigenvalue weighted by atomic mass is 10.0. The molecular weight excluding hydrogens is 354 g/mol. The second kappa shape index (κ2) is 7.98. The highest BCUT2D eigenvalue weighted by molar-refractivity contribution is 5.93. The Hall–Kier alpha value is -2.93. The molecule has 0 bridgehead atoms. The number of nitrogens with one attached hydrogen (secondary N) is 1. The molecule has 0 unspecified atom stereocenters. The fraction of sp³-hybridized carbons (Fsp3) is 0.381. The van der Waals surface area contributed by atoms with Gasteiger partial charge in [-0.05, 0) is 69.7 Å². The molecule has 1 fully saturated rings. The van der Waals surface area contributed by atoms with E-state index in [4.69, 9.17) is 4.42 Å². The minimum absolute atomic E-state index is 0.0582. The Balaban J connectivity index is 1.58. The van der Waals surface area contributed by atoms with Crippen molar-refractivity contribution >= 4 is 5.91 Å². The van der Waals surface area contributed by atoms with Crippen LogP contribution in [0.25, 0.3) is 11.5 Å². The summed E-state index contributed by atoms with van der Waals surface area (Å²) in [6.45, 7) is 4.42. The summed E-state index contributed by atoms with van der Waals surface area (Å²) in [5.41, 5.74) is 2.19. The third-order valence-electron chi connectivity index (χ3n) is 5.29. The van der Waals surface area contributed by atoms with E-state index in [1.165, 1.54) is 0 Å². The molecule has 7 nitrogen and oxygen atoms in total. The van der Waals surface area contributed by atoms with Crippen LogP contribution in [0.1, 0.15) is 34.7 Å². The van der Waals surface area contributed by atoms with Crippen molar-refractivity contribution < 1.29 is 9.21 Å². The minimum atomic E-state index is -0.0582. The number of aryl methyl sites for hydroxylation is 1. The Bertz CT molecular complexity index is 925. The average molecular weight is 379 g/mol. The molecule has 146 valence electrons. The molecule has 1 aliphatic rings. The van der Waals surface area contributed by atoms with Crippen LogP contribution in [0.15, 0.2) is 47.1 Å². The number of H-pyrrole nitrogens is 1. The number of carbonyl (C=O) groups excluding carboxylic acids is 1. The number of aromatic amines is 1. The molecule has 3 aromatic rings. The Kier molecular flexibility index (Phi) is 5.25. The van der Waals surface area contributed by atoms with Crippen LogP contribution in [0, 0.1) is 6.92 Å². The molecule has 0 aliphatic carbocycles. The molecule has 0 radical (unpaired) electrons. The average Bonchev–Trinajstić information content (AvgIpc) is 3.36. The van der Waals surface area contributed by atoms with Crippen LogP contribution in [-0.2, 0) is 6.54 Å². The molecule has 4 heterocycles. The van der Waals surface area contributed by atoms with Crippen LogP contribution in [0.2, 0.25) is 0 Å². The zero-order chi connectivity index (χ0) is 19.5. The quantitative estimate of drug-likeness (QED) is 0.737. The number of piperidine rings is 1. The molecular formula is C21H25N5O2. The molecule has 7 heteroatoms. The molecule has 4 rings (SSSR count). The van der Waals surface area contributed by atoms with E-state index in [2.05, 4.69) is 27.1 Å². The summed E-state index contributed by atoms with van der Waals surface area (Å²) >= 11 is 0. The second-order valence-corrected chi connectivity index (χ2v) is 7.40. The summed E-state index contributed by atoms with van der Waals surface area (Å²) in [6.07, 6.45) is 5.45. The zero-order valence-corrected chi connectivity index (χ0v) is 16.3. The summed E-state index contributed by atoms with van der Waals surface area (Å²) < 4.78 is 5.64. The van der Waals surface area contributed by atoms with E-state index in [0.717, 1.165) is 37.3 Å². The van der Waals surface area contributed by atoms with Gasteiger partial charge in [0.15, 0.2) is 11.5 Å². The summed E-state index contributed by atoms with van der Waals surface area (Å²) in [7, 11) is 2.12. The first-order valence-electron chi connectivity index (χ1n) is 9.61. The number of furan rings is 1. The monoisotopic (exact) mass is 379 g/mol. The largest absolute Gasteiger partial charge is 0.460 e. The maximum atomic E-state index is 13.4. The maximum absolute atomic E-state index is 13.4. The molecule has 3 aromatic heterocycles. The van der Waals surface area contributed by atoms with Gasteiger partial charge in [0.05, 0.1) is 0 Å². The van der Waals surface area contributed by atoms with Crippen LogP contribution in [-0.4, -0.2) is 57.1 Å². The molecule has 1 amide bonds. The summed E-state index contributed by atoms with van der Waals surface area (Å²) in [4.78, 5) is 21.7. The van der Waals surface area contributed by atoms with Gasteiger partial charge in [-0.3, -0.25) is 14.9 Å². The fourth-order valence-electron chi connectivity index (χ4n) is 3.64. The van der Waals surface area contributed by atoms with Gasteiger partial charge in [0, 0.05) is 31.0 Å². The first-order valence-corrected chi connectivity index (χ1v) is 9.61. The van der Waals surface area contributed by atoms with Gasteiger partial charge in [0.2, 0.25) is 0 Å². The van der Waals surface area contributed by atoms with Gasteiger partial charge in [-0.25, -0.2) is 0 Å². The highest BCUT2D eigenvalue weighted by Gasteiger charge is 2.29. The van der Waals surface area contributed by atoms with Gasteiger partial charge in [0.25, 0.3) is 5.91 Å². The maximum Gasteiger partial charge on any atom is 0.274 e. The number of pyridine rings is 1. The smallest absolute Gasteiger partial charge is 0.274 e. The highest BCUT2D eigenvalue weighted by Crippen LogP contribution is 2.24. The number of amides is 1. The number of likely N-dealkylation sites (tertiary alicyclic amines) is 1. The molecule has 0 atom stereocenters. The number of carbonyl (C=O) groups is 1. The third kappa shape index (κ3) is 3.99. The predicted molar refractivity (Wildman–Crippen MR) is 106 cm³/mol. The van der Waals surface area contributed by atoms with E-state index in [0.29, 0.717) is 23.7 Å². The number of hydrogen-bond donors (Lipinski definition) is 1. The second-order valence-electron chi connectivity index (χ2n) is 7.40. The fourth-order valence-corrected chi connectivity index (χ4v) is 3.64. The van der Waals surface area contributed by atoms with Crippen molar-refractivity contribution in [3.8, 4) is 11.5 Å². The molecule has 1 N–H and O–H groups in total. The lowest BCUT2D eigenvalue weighted by Crippen LogP contribution is -2.46. The van der Waals surface area contributed by atoms with E-state index in [1.807, 2.05) is 36.1 Å². The lowest BCUT2D eigenvalue weighted by Gasteiger charge is -2.37. The van der Waals surface area contributed by atoms with Crippen LogP contribution in [0.5, 0.6) is 0 Å². The standard InChI is InChI=1S/C21H25N5O2/c1-15-3-4-20(28-15)18-13-19(24-23-18)21(27)26(14-16-5-9-22-10-6-16)17-7-11-25(2)12-8-17/h3-6,9-10,13,17H,7-8,11-12,14H2,1-2H3,(H,23,24). The first-order chi connectivity index (χ1) is 13.6. The van der Waals surface area contributed by atoms with Crippen molar-refractivity contribution in [1.29, 1.82) is 0 Å². The van der Waals surface area contributed by atoms with E-state index in [1.54, 1.807) is 18.5 Å². The predicted octanol–water partition coefficient (Wildman–Crippen LogP) is 3.11. The Morgan fingerprint density at radius 3 is 2.68 bits per heavy atom. The van der Waals surface area contributed by atoms with E-state index >= 15 is 0 Å². The van der Waals surface area contributed by atoms with Gasteiger partial charge in [-0.2, -0.15) is 5.10 Å². The van der Waals surface area contributed by atoms with Crippen molar-refractivity contribution in [1.82, 2.24) is 25.0 Å². The minimum Gasteiger partial charge on any atom is -0.460 e. The molecule has 1 saturated heterocycles. The van der Waals surface area contributed by atoms with E-state index in [9.17, 15) is 4.79 Å². The van der Waals surface area contributed by atoms with Crippen molar-refractivity contribution in [3.05, 3.63) is 59.7 Å². The van der Waals surface area contributed by atoms with Crippen LogP contribution in [0.4, 0.5) is 0 Å². The zero-order valence-electron chi connectivity index (χ0n) is 16.3. The molecule has 0 aromatic carbocycles. The third-order valence-corrected chi connectivity index (χ3v) is 5.29. The summed E-state index contributed by atoms with van der Waals surface area (Å²) in [5.74, 6) is 1.45. The van der Waals surface area contributed by atoms with E-state index in [-0.39, 0.29) is 11.9 Å². The Morgan fingerprint density at radius 1 is 1.25 bits per heavy atom. The topological polar surface area (TPSA) is 78.3 Å². The molecule has 28 heavy (non-hydrogen) atoms. The van der Waals surface area contributed by atoms with Crippen LogP contribution < -0.4 is 0 Å². The lowest BCUT2D eigenvalue weighted by molar-refractivity contribution is 0.0563. The van der Waals surface area contributed by atoms with Gasteiger partial charge in [-0.15, -0.1) is 0 Å². The Labute approximate surface area is 164 Å². The summed E-state index contributed by atoms with van der Waals surface area (Å²) in [6, 6.07) is 9.65. The van der Waals surface area contributed by atoms with Crippen molar-refractivity contribution in [2.45, 2.75) is 32.4 Å². The molecule has 0 spiro atoms. The van der Waals surface area contributed by atoms with Crippen molar-refractivity contribution in [3.63, 3.8) is 0 Å². The van der Waals surface area contributed by atoms with Gasteiger partial charge < -0.3 is 14.2 Å². The summed E-state index contributed by atoms with van der Waals surface area (Å²) in [5, 5.41) is 7.21. The highest BCUT2D eigenvalue weighted by atomic mass is 16.3. The van der Waals surface area contributed by atoms with Crippen LogP contribution in [0.3, 0.4) is 0 Å². The van der Waals surface area contributed by atoms with Gasteiger partial charge in [-0.1, -0.05) is 0 Å². The number of rotatable bonds is 5. The normalized spacial score (nSPS) is 15.6. The van der Waals surface area contributed by atoms with Crippen molar-refractivity contribution in [2.24, 2.45) is 0 Å². The van der Waals surface area contributed by atoms with Gasteiger partial charge >= 0.3 is 0 Å². The number of hydrogen-bond acceptors (Lipinski definition) is 5. The Morgan fingerprint density at radius 2 is 2.00 bits per heavy atom. The molecule has 0 saturated carbocycles. The number of nitrogens with zero attached hydrogens (tertiary/aromatic N) is 4. The SMILES string of the molecule is Cc1ccc(-c2cc(C(=O)N(Cc3ccncc3)C3CCN(C)CC3)n[nH]2)o1. The van der Waals surface area contributed by atoms with Gasteiger partial charge in [0.1, 0.15) is 11.5 Å². The molecule has 1 aliphatic heterocycles. The van der Waals surface area contributed by atoms with Crippen LogP contribution >= 0.6 is 0 Å². The van der Waals surface area contributed by atoms with Crippen molar-refractivity contribution in [2.75, 3.05) is 20.1 Å². The number of aromatic nitrogens is 3.